The van der Waals surface area contributed by atoms with E-state index in [0.29, 0.717) is 6.42 Å². The molecule has 0 bridgehead atoms. The zero-order valence-electron chi connectivity index (χ0n) is 9.16. The predicted octanol–water partition coefficient (Wildman–Crippen LogP) is 2.81. The summed E-state index contributed by atoms with van der Waals surface area (Å²) in [7, 11) is 0. The average Bonchev–Trinajstić information content (AvgIpc) is 2.01. The highest BCUT2D eigenvalue weighted by molar-refractivity contribution is 5.87. The lowest BCUT2D eigenvalue weighted by Gasteiger charge is -2.22. The lowest BCUT2D eigenvalue weighted by molar-refractivity contribution is -0.137. The second-order valence-electron chi connectivity index (χ2n) is 4.06. The van der Waals surface area contributed by atoms with Crippen molar-refractivity contribution in [2.45, 2.75) is 57.7 Å². The third-order valence-electron chi connectivity index (χ3n) is 2.27. The number of Topliss-reactive ketones (excluding diaryl/α,β-unsaturated/α-hetero) is 1. The molecule has 0 rings (SSSR count). The van der Waals surface area contributed by atoms with E-state index in [1.54, 1.807) is 6.92 Å². The van der Waals surface area contributed by atoms with Crippen LogP contribution in [-0.4, -0.2) is 17.5 Å². The number of nitrogens with two attached hydrogens (primary N) is 1. The highest BCUT2D eigenvalue weighted by atomic mass is 19.4. The van der Waals surface area contributed by atoms with Crippen LogP contribution in [-0.2, 0) is 4.79 Å². The second-order valence-corrected chi connectivity index (χ2v) is 4.06. The van der Waals surface area contributed by atoms with E-state index >= 15 is 0 Å². The van der Waals surface area contributed by atoms with Crippen molar-refractivity contribution in [2.75, 3.05) is 0 Å². The predicted molar refractivity (Wildman–Crippen MR) is 52.4 cm³/mol. The minimum atomic E-state index is -4.18. The van der Waals surface area contributed by atoms with Gasteiger partial charge in [0.1, 0.15) is 0 Å². The van der Waals surface area contributed by atoms with E-state index in [1.807, 2.05) is 6.92 Å². The van der Waals surface area contributed by atoms with Crippen LogP contribution in [0.15, 0.2) is 0 Å². The smallest absolute Gasteiger partial charge is 0.319 e. The van der Waals surface area contributed by atoms with Gasteiger partial charge in [-0.3, -0.25) is 4.79 Å². The molecule has 0 aromatic carbocycles. The molecule has 2 nitrogen and oxygen atoms in total. The molecule has 0 radical (unpaired) electrons. The molecule has 2 N–H and O–H groups in total. The van der Waals surface area contributed by atoms with Gasteiger partial charge in [0.25, 0.3) is 0 Å². The Morgan fingerprint density at radius 2 is 1.80 bits per heavy atom. The first-order chi connectivity index (χ1) is 6.69. The number of alkyl halides is 3. The Balaban J connectivity index is 3.94. The van der Waals surface area contributed by atoms with Crippen LogP contribution < -0.4 is 5.73 Å². The molecule has 0 spiro atoms. The van der Waals surface area contributed by atoms with Gasteiger partial charge in [-0.25, -0.2) is 0 Å². The molecule has 0 saturated heterocycles. The summed E-state index contributed by atoms with van der Waals surface area (Å²) in [4.78, 5) is 11.4. The number of carbonyl (C=O) groups is 1. The van der Waals surface area contributed by atoms with Crippen LogP contribution in [0.25, 0.3) is 0 Å². The summed E-state index contributed by atoms with van der Waals surface area (Å²) >= 11 is 0. The van der Waals surface area contributed by atoms with Crippen molar-refractivity contribution < 1.29 is 18.0 Å². The molecule has 0 fully saturated rings. The molecule has 15 heavy (non-hydrogen) atoms. The minimum Gasteiger partial charge on any atom is -0.319 e. The molecular weight excluding hydrogens is 207 g/mol. The second kappa shape index (κ2) is 5.49. The number of hydrogen-bond donors (Lipinski definition) is 1. The van der Waals surface area contributed by atoms with E-state index in [4.69, 9.17) is 5.73 Å². The van der Waals surface area contributed by atoms with Gasteiger partial charge in [0, 0.05) is 12.8 Å². The Hall–Kier alpha value is -0.580. The first-order valence-electron chi connectivity index (χ1n) is 5.08. The summed E-state index contributed by atoms with van der Waals surface area (Å²) in [6, 6.07) is 0. The molecule has 90 valence electrons. The maximum Gasteiger partial charge on any atom is 0.389 e. The fraction of sp³-hybridized carbons (Fsp3) is 0.900. The van der Waals surface area contributed by atoms with Crippen LogP contribution >= 0.6 is 0 Å². The molecule has 0 aliphatic rings. The largest absolute Gasteiger partial charge is 0.389 e. The summed E-state index contributed by atoms with van der Waals surface area (Å²) < 4.78 is 35.4. The van der Waals surface area contributed by atoms with Crippen LogP contribution in [0.3, 0.4) is 0 Å². The van der Waals surface area contributed by atoms with Gasteiger partial charge in [-0.05, 0) is 19.8 Å². The monoisotopic (exact) mass is 225 g/mol. The lowest BCUT2D eigenvalue weighted by atomic mass is 9.89. The molecule has 5 heteroatoms. The van der Waals surface area contributed by atoms with E-state index in [0.717, 1.165) is 6.42 Å². The van der Waals surface area contributed by atoms with E-state index in [2.05, 4.69) is 0 Å². The van der Waals surface area contributed by atoms with Crippen LogP contribution in [0.4, 0.5) is 13.2 Å². The number of halogens is 3. The van der Waals surface area contributed by atoms with Gasteiger partial charge in [-0.2, -0.15) is 13.2 Å². The van der Waals surface area contributed by atoms with Crippen LogP contribution in [0.2, 0.25) is 0 Å². The number of ketones is 1. The van der Waals surface area contributed by atoms with Gasteiger partial charge in [-0.15, -0.1) is 0 Å². The first-order valence-corrected chi connectivity index (χ1v) is 5.08. The third kappa shape index (κ3) is 6.49. The number of carbonyl (C=O) groups excluding carboxylic acids is 1. The first kappa shape index (κ1) is 14.4. The SMILES string of the molecule is CCCC(C)(N)C(=O)CCCC(F)(F)F. The van der Waals surface area contributed by atoms with Gasteiger partial charge < -0.3 is 5.73 Å². The summed E-state index contributed by atoms with van der Waals surface area (Å²) in [6.07, 6.45) is -4.10. The minimum absolute atomic E-state index is 0.0908. The summed E-state index contributed by atoms with van der Waals surface area (Å²) in [5.74, 6) is -0.284. The van der Waals surface area contributed by atoms with E-state index < -0.39 is 18.1 Å². The van der Waals surface area contributed by atoms with Crippen molar-refractivity contribution in [3.05, 3.63) is 0 Å². The van der Waals surface area contributed by atoms with Crippen molar-refractivity contribution in [1.82, 2.24) is 0 Å². The highest BCUT2D eigenvalue weighted by Crippen LogP contribution is 2.23. The van der Waals surface area contributed by atoms with Crippen molar-refractivity contribution in [3.8, 4) is 0 Å². The highest BCUT2D eigenvalue weighted by Gasteiger charge is 2.30. The molecule has 0 aliphatic carbocycles. The summed E-state index contributed by atoms with van der Waals surface area (Å²) in [6.45, 7) is 3.46. The van der Waals surface area contributed by atoms with Gasteiger partial charge in [0.15, 0.2) is 5.78 Å². The van der Waals surface area contributed by atoms with Crippen LogP contribution in [0, 0.1) is 0 Å². The van der Waals surface area contributed by atoms with Gasteiger partial charge in [0.05, 0.1) is 5.54 Å². The van der Waals surface area contributed by atoms with Crippen molar-refractivity contribution in [2.24, 2.45) is 5.73 Å². The Kier molecular flexibility index (Phi) is 5.28. The quantitative estimate of drug-likeness (QED) is 0.755. The molecule has 0 aliphatic heterocycles. The maximum atomic E-state index is 11.8. The standard InChI is InChI=1S/C10H18F3NO/c1-3-6-9(2,14)8(15)5-4-7-10(11,12)13/h3-7,14H2,1-2H3. The Morgan fingerprint density at radius 3 is 2.20 bits per heavy atom. The summed E-state index contributed by atoms with van der Waals surface area (Å²) in [5.41, 5.74) is 4.72. The van der Waals surface area contributed by atoms with Crippen molar-refractivity contribution in [1.29, 1.82) is 0 Å². The molecule has 0 aromatic heterocycles. The van der Waals surface area contributed by atoms with Crippen LogP contribution in [0.5, 0.6) is 0 Å². The Morgan fingerprint density at radius 1 is 1.27 bits per heavy atom. The molecule has 1 unspecified atom stereocenters. The van der Waals surface area contributed by atoms with Crippen molar-refractivity contribution in [3.63, 3.8) is 0 Å². The molecule has 0 saturated carbocycles. The van der Waals surface area contributed by atoms with Gasteiger partial charge in [-0.1, -0.05) is 13.3 Å². The fourth-order valence-electron chi connectivity index (χ4n) is 1.39. The van der Waals surface area contributed by atoms with Gasteiger partial charge in [0.2, 0.25) is 0 Å². The molecule has 0 aromatic rings. The molecular formula is C10H18F3NO. The normalized spacial score (nSPS) is 16.1. The zero-order valence-corrected chi connectivity index (χ0v) is 9.16. The number of hydrogen-bond acceptors (Lipinski definition) is 2. The molecule has 0 amide bonds. The maximum absolute atomic E-state index is 11.8. The Bertz CT molecular complexity index is 211. The van der Waals surface area contributed by atoms with E-state index in [1.165, 1.54) is 0 Å². The zero-order chi connectivity index (χ0) is 12.1. The topological polar surface area (TPSA) is 43.1 Å². The third-order valence-corrected chi connectivity index (χ3v) is 2.27. The van der Waals surface area contributed by atoms with E-state index in [9.17, 15) is 18.0 Å². The average molecular weight is 225 g/mol. The van der Waals surface area contributed by atoms with E-state index in [-0.39, 0.29) is 18.6 Å². The Labute approximate surface area is 88.0 Å². The van der Waals surface area contributed by atoms with Crippen LogP contribution in [0.1, 0.15) is 46.0 Å². The number of rotatable bonds is 6. The fourth-order valence-corrected chi connectivity index (χ4v) is 1.39. The van der Waals surface area contributed by atoms with Gasteiger partial charge >= 0.3 is 6.18 Å². The van der Waals surface area contributed by atoms with Crippen molar-refractivity contribution >= 4 is 5.78 Å². The summed E-state index contributed by atoms with van der Waals surface area (Å²) in [5, 5.41) is 0. The molecule has 0 heterocycles. The lowest BCUT2D eigenvalue weighted by Crippen LogP contribution is -2.44. The molecule has 1 atom stereocenters.